The van der Waals surface area contributed by atoms with Crippen molar-refractivity contribution in [3.05, 3.63) is 51.4 Å². The number of hydrogen-bond acceptors (Lipinski definition) is 6. The van der Waals surface area contributed by atoms with Crippen LogP contribution in [0.1, 0.15) is 31.7 Å². The Morgan fingerprint density at radius 1 is 1.10 bits per heavy atom. The molecule has 1 aromatic carbocycles. The maximum atomic E-state index is 12.9. The quantitative estimate of drug-likeness (QED) is 0.552. The first kappa shape index (κ1) is 22.0. The summed E-state index contributed by atoms with van der Waals surface area (Å²) < 4.78 is 2.42. The predicted molar refractivity (Wildman–Crippen MR) is 131 cm³/mol. The second-order valence-corrected chi connectivity index (χ2v) is 8.84. The van der Waals surface area contributed by atoms with Gasteiger partial charge < -0.3 is 15.5 Å². The summed E-state index contributed by atoms with van der Waals surface area (Å²) in [5.41, 5.74) is 2.84. The number of piperazine rings is 1. The Bertz CT molecular complexity index is 1110. The number of nitrogens with zero attached hydrogens (tertiary/aromatic N) is 4. The number of fused-ring (bicyclic) bond motifs is 1. The van der Waals surface area contributed by atoms with E-state index in [2.05, 4.69) is 60.7 Å². The summed E-state index contributed by atoms with van der Waals surface area (Å²) in [5, 5.41) is 7.54. The molecule has 2 aliphatic rings. The van der Waals surface area contributed by atoms with Gasteiger partial charge in [-0.05, 0) is 59.1 Å². The zero-order valence-electron chi connectivity index (χ0n) is 17.2. The van der Waals surface area contributed by atoms with Crippen molar-refractivity contribution >= 4 is 56.7 Å². The van der Waals surface area contributed by atoms with Gasteiger partial charge in [-0.25, -0.2) is 4.98 Å². The molecular formula is C22H26BrClN6O. The van der Waals surface area contributed by atoms with Crippen LogP contribution < -0.4 is 21.1 Å². The number of aromatic nitrogens is 3. The van der Waals surface area contributed by atoms with Gasteiger partial charge in [0.05, 0.1) is 4.47 Å². The van der Waals surface area contributed by atoms with Crippen LogP contribution in [0.15, 0.2) is 45.8 Å². The average Bonchev–Trinajstić information content (AvgIpc) is 3.30. The number of hydrogen-bond donors (Lipinski definition) is 2. The molecule has 2 N–H and O–H groups in total. The lowest BCUT2D eigenvalue weighted by molar-refractivity contribution is 0.514. The third-order valence-electron chi connectivity index (χ3n) is 6.02. The SMILES string of the molecule is Cl.O=c1c(Br)cc2cnc(Nc3ccc(N4CCNCC4)cc3)nc2n1C1CCCC1. The lowest BCUT2D eigenvalue weighted by atomic mass is 10.2. The van der Waals surface area contributed by atoms with E-state index >= 15 is 0 Å². The van der Waals surface area contributed by atoms with Crippen molar-refractivity contribution in [3.8, 4) is 0 Å². The molecule has 0 radical (unpaired) electrons. The van der Waals surface area contributed by atoms with Gasteiger partial charge in [0.1, 0.15) is 5.65 Å². The van der Waals surface area contributed by atoms with Crippen LogP contribution in [-0.2, 0) is 0 Å². The first-order valence-corrected chi connectivity index (χ1v) is 11.4. The Morgan fingerprint density at radius 2 is 1.81 bits per heavy atom. The third-order valence-corrected chi connectivity index (χ3v) is 6.59. The number of rotatable bonds is 4. The fourth-order valence-electron chi connectivity index (χ4n) is 4.46. The molecule has 0 amide bonds. The zero-order valence-corrected chi connectivity index (χ0v) is 19.6. The van der Waals surface area contributed by atoms with Crippen LogP contribution in [0.2, 0.25) is 0 Å². The highest BCUT2D eigenvalue weighted by atomic mass is 79.9. The summed E-state index contributed by atoms with van der Waals surface area (Å²) in [6, 6.07) is 10.4. The van der Waals surface area contributed by atoms with Gasteiger partial charge in [0, 0.05) is 55.2 Å². The molecule has 9 heteroatoms. The van der Waals surface area contributed by atoms with Crippen molar-refractivity contribution in [2.75, 3.05) is 36.4 Å². The Balaban J connectivity index is 0.00000231. The summed E-state index contributed by atoms with van der Waals surface area (Å²) in [7, 11) is 0. The Hall–Kier alpha value is -2.16. The minimum atomic E-state index is -0.0144. The molecule has 0 spiro atoms. The highest BCUT2D eigenvalue weighted by molar-refractivity contribution is 9.10. The summed E-state index contributed by atoms with van der Waals surface area (Å²) in [4.78, 5) is 24.4. The number of pyridine rings is 1. The molecular weight excluding hydrogens is 480 g/mol. The fourth-order valence-corrected chi connectivity index (χ4v) is 4.89. The van der Waals surface area contributed by atoms with Crippen LogP contribution in [0, 0.1) is 0 Å². The van der Waals surface area contributed by atoms with Crippen LogP contribution in [0.25, 0.3) is 11.0 Å². The third kappa shape index (κ3) is 4.56. The van der Waals surface area contributed by atoms with Gasteiger partial charge >= 0.3 is 0 Å². The van der Waals surface area contributed by atoms with Crippen molar-refractivity contribution in [3.63, 3.8) is 0 Å². The summed E-state index contributed by atoms with van der Waals surface area (Å²) in [6.45, 7) is 4.08. The Morgan fingerprint density at radius 3 is 2.52 bits per heavy atom. The van der Waals surface area contributed by atoms with Gasteiger partial charge in [-0.15, -0.1) is 12.4 Å². The molecule has 1 saturated heterocycles. The second-order valence-electron chi connectivity index (χ2n) is 7.99. The number of nitrogens with one attached hydrogen (secondary N) is 2. The van der Waals surface area contributed by atoms with E-state index < -0.39 is 0 Å². The van der Waals surface area contributed by atoms with Gasteiger partial charge in [-0.2, -0.15) is 4.98 Å². The summed E-state index contributed by atoms with van der Waals surface area (Å²) in [5.74, 6) is 0.505. The largest absolute Gasteiger partial charge is 0.369 e. The maximum Gasteiger partial charge on any atom is 0.266 e. The van der Waals surface area contributed by atoms with Crippen molar-refractivity contribution in [1.29, 1.82) is 0 Å². The number of halogens is 2. The van der Waals surface area contributed by atoms with Crippen LogP contribution in [-0.4, -0.2) is 40.7 Å². The minimum Gasteiger partial charge on any atom is -0.369 e. The molecule has 31 heavy (non-hydrogen) atoms. The molecule has 0 bridgehead atoms. The van der Waals surface area contributed by atoms with E-state index in [-0.39, 0.29) is 24.0 Å². The molecule has 7 nitrogen and oxygen atoms in total. The van der Waals surface area contributed by atoms with E-state index in [0.717, 1.165) is 62.9 Å². The van der Waals surface area contributed by atoms with E-state index in [1.54, 1.807) is 6.20 Å². The van der Waals surface area contributed by atoms with Crippen molar-refractivity contribution in [2.45, 2.75) is 31.7 Å². The van der Waals surface area contributed by atoms with E-state index in [9.17, 15) is 4.79 Å². The average molecular weight is 506 g/mol. The van der Waals surface area contributed by atoms with Gasteiger partial charge in [-0.3, -0.25) is 9.36 Å². The first-order chi connectivity index (χ1) is 14.7. The monoisotopic (exact) mass is 504 g/mol. The van der Waals surface area contributed by atoms with Crippen LogP contribution in [0.5, 0.6) is 0 Å². The molecule has 2 aromatic heterocycles. The van der Waals surface area contributed by atoms with Crippen molar-refractivity contribution in [1.82, 2.24) is 19.9 Å². The summed E-state index contributed by atoms with van der Waals surface area (Å²) >= 11 is 3.41. The first-order valence-electron chi connectivity index (χ1n) is 10.6. The summed E-state index contributed by atoms with van der Waals surface area (Å²) in [6.07, 6.45) is 6.13. The zero-order chi connectivity index (χ0) is 20.5. The molecule has 1 aliphatic heterocycles. The van der Waals surface area contributed by atoms with Gasteiger partial charge in [-0.1, -0.05) is 12.8 Å². The predicted octanol–water partition coefficient (Wildman–Crippen LogP) is 4.24. The molecule has 1 saturated carbocycles. The number of anilines is 3. The molecule has 2 fully saturated rings. The lowest BCUT2D eigenvalue weighted by Gasteiger charge is -2.29. The highest BCUT2D eigenvalue weighted by Crippen LogP contribution is 2.31. The molecule has 0 atom stereocenters. The Labute approximate surface area is 195 Å². The highest BCUT2D eigenvalue weighted by Gasteiger charge is 2.22. The minimum absolute atomic E-state index is 0. The molecule has 1 aliphatic carbocycles. The van der Waals surface area contributed by atoms with Crippen LogP contribution >= 0.6 is 28.3 Å². The maximum absolute atomic E-state index is 12.9. The Kier molecular flexibility index (Phi) is 6.79. The van der Waals surface area contributed by atoms with Gasteiger partial charge in [0.15, 0.2) is 0 Å². The van der Waals surface area contributed by atoms with Crippen LogP contribution in [0.3, 0.4) is 0 Å². The molecule has 0 unspecified atom stereocenters. The normalized spacial score (nSPS) is 17.0. The molecule has 5 rings (SSSR count). The standard InChI is InChI=1S/C22H25BrN6O.ClH/c23-19-13-15-14-25-22(27-20(15)29(21(19)30)18-3-1-2-4-18)26-16-5-7-17(8-6-16)28-11-9-24-10-12-28;/h5-8,13-14,18,24H,1-4,9-12H2,(H,25,26,27);1H. The number of benzene rings is 1. The second kappa shape index (κ2) is 9.54. The van der Waals surface area contributed by atoms with E-state index in [1.807, 2.05) is 10.6 Å². The van der Waals surface area contributed by atoms with Crippen LogP contribution in [0.4, 0.5) is 17.3 Å². The smallest absolute Gasteiger partial charge is 0.266 e. The molecule has 3 aromatic rings. The fraction of sp³-hybridized carbons (Fsp3) is 0.409. The lowest BCUT2D eigenvalue weighted by Crippen LogP contribution is -2.43. The topological polar surface area (TPSA) is 75.1 Å². The van der Waals surface area contributed by atoms with Gasteiger partial charge in [0.2, 0.25) is 5.95 Å². The van der Waals surface area contributed by atoms with Crippen molar-refractivity contribution < 1.29 is 0 Å². The van der Waals surface area contributed by atoms with E-state index in [0.29, 0.717) is 16.1 Å². The van der Waals surface area contributed by atoms with Crippen molar-refractivity contribution in [2.24, 2.45) is 0 Å². The van der Waals surface area contributed by atoms with Gasteiger partial charge in [0.25, 0.3) is 5.56 Å². The van der Waals surface area contributed by atoms with E-state index in [1.165, 1.54) is 5.69 Å². The molecule has 164 valence electrons. The van der Waals surface area contributed by atoms with E-state index in [4.69, 9.17) is 4.98 Å². The molecule has 3 heterocycles.